The molecule has 0 saturated heterocycles. The van der Waals surface area contributed by atoms with Crippen molar-refractivity contribution in [1.82, 2.24) is 35.7 Å². The van der Waals surface area contributed by atoms with Crippen molar-refractivity contribution in [3.05, 3.63) is 71.6 Å². The van der Waals surface area contributed by atoms with E-state index in [9.17, 15) is 33.5 Å². The Balaban J connectivity index is 1.66. The summed E-state index contributed by atoms with van der Waals surface area (Å²) in [5, 5.41) is 21.2. The van der Waals surface area contributed by atoms with Gasteiger partial charge in [0.1, 0.15) is 29.3 Å². The van der Waals surface area contributed by atoms with Gasteiger partial charge < -0.3 is 45.3 Å². The molecular formula is C36H46FN7O8. The number of methoxy groups -OCH3 is 1. The van der Waals surface area contributed by atoms with Gasteiger partial charge in [-0.05, 0) is 55.2 Å². The van der Waals surface area contributed by atoms with E-state index < -0.39 is 53.5 Å². The van der Waals surface area contributed by atoms with Crippen LogP contribution in [0.25, 0.3) is 0 Å². The Bertz CT molecular complexity index is 1760. The van der Waals surface area contributed by atoms with Gasteiger partial charge in [-0.1, -0.05) is 20.3 Å². The number of aliphatic hydroxyl groups is 1. The van der Waals surface area contributed by atoms with Gasteiger partial charge in [-0.15, -0.1) is 0 Å². The largest absolute Gasteiger partial charge is 0.493 e. The second kappa shape index (κ2) is 18.1. The number of amides is 5. The Morgan fingerprint density at radius 1 is 1.06 bits per heavy atom. The molecule has 52 heavy (non-hydrogen) atoms. The maximum atomic E-state index is 14.8. The number of nitrogens with one attached hydrogen (secondary N) is 4. The van der Waals surface area contributed by atoms with E-state index in [-0.39, 0.29) is 73.4 Å². The maximum absolute atomic E-state index is 14.8. The third-order valence-electron chi connectivity index (χ3n) is 8.64. The molecule has 4 rings (SSSR count). The fraction of sp³-hybridized carbons (Fsp3) is 0.444. The normalized spacial score (nSPS) is 19.5. The molecule has 2 aromatic carbocycles. The molecule has 4 atom stereocenters. The molecule has 3 aromatic rings. The van der Waals surface area contributed by atoms with Crippen LogP contribution < -0.4 is 30.7 Å². The van der Waals surface area contributed by atoms with E-state index in [2.05, 4.69) is 26.3 Å². The molecular weight excluding hydrogens is 677 g/mol. The Hall–Kier alpha value is -5.51. The highest BCUT2D eigenvalue weighted by Crippen LogP contribution is 2.33. The second-order valence-corrected chi connectivity index (χ2v) is 12.7. The van der Waals surface area contributed by atoms with Crippen LogP contribution in [0.5, 0.6) is 17.2 Å². The zero-order valence-electron chi connectivity index (χ0n) is 29.9. The smallest absolute Gasteiger partial charge is 0.274 e. The molecule has 5 amide bonds. The van der Waals surface area contributed by atoms with Gasteiger partial charge in [-0.3, -0.25) is 24.0 Å². The number of carbonyl (C=O) groups excluding carboxylic acids is 5. The summed E-state index contributed by atoms with van der Waals surface area (Å²) in [6.45, 7) is 5.06. The molecule has 280 valence electrons. The fourth-order valence-corrected chi connectivity index (χ4v) is 5.54. The molecule has 5 N–H and O–H groups in total. The molecule has 1 aromatic heterocycles. The number of fused-ring (bicyclic) bond motifs is 4. The van der Waals surface area contributed by atoms with E-state index in [0.29, 0.717) is 12.0 Å². The number of carbonyl (C=O) groups is 5. The minimum absolute atomic E-state index is 0.0480. The molecule has 2 heterocycles. The van der Waals surface area contributed by atoms with Crippen LogP contribution in [0.3, 0.4) is 0 Å². The highest BCUT2D eigenvalue weighted by molar-refractivity contribution is 5.95. The summed E-state index contributed by atoms with van der Waals surface area (Å²) in [4.78, 5) is 72.0. The lowest BCUT2D eigenvalue weighted by Gasteiger charge is -2.28. The van der Waals surface area contributed by atoms with E-state index >= 15 is 0 Å². The van der Waals surface area contributed by atoms with E-state index in [0.717, 1.165) is 6.07 Å². The second-order valence-electron chi connectivity index (χ2n) is 12.7. The molecule has 0 fully saturated rings. The van der Waals surface area contributed by atoms with Crippen LogP contribution in [0.15, 0.2) is 48.9 Å². The number of hydrogen-bond acceptors (Lipinski definition) is 9. The van der Waals surface area contributed by atoms with Crippen LogP contribution in [0.4, 0.5) is 4.39 Å². The van der Waals surface area contributed by atoms with Crippen molar-refractivity contribution in [3.8, 4) is 17.2 Å². The van der Waals surface area contributed by atoms with E-state index in [1.807, 2.05) is 6.92 Å². The van der Waals surface area contributed by atoms with E-state index in [1.165, 1.54) is 55.6 Å². The number of aromatic nitrogens is 2. The van der Waals surface area contributed by atoms with Crippen LogP contribution in [-0.4, -0.2) is 94.0 Å². The van der Waals surface area contributed by atoms with Crippen molar-refractivity contribution in [3.63, 3.8) is 0 Å². The first kappa shape index (κ1) is 39.3. The highest BCUT2D eigenvalue weighted by Gasteiger charge is 2.32. The van der Waals surface area contributed by atoms with Crippen LogP contribution >= 0.6 is 0 Å². The van der Waals surface area contributed by atoms with Crippen LogP contribution in [0, 0.1) is 11.7 Å². The molecule has 4 bridgehead atoms. The summed E-state index contributed by atoms with van der Waals surface area (Å²) >= 11 is 0. The van der Waals surface area contributed by atoms with Crippen molar-refractivity contribution in [2.45, 2.75) is 64.8 Å². The van der Waals surface area contributed by atoms with E-state index in [4.69, 9.17) is 9.47 Å². The lowest BCUT2D eigenvalue weighted by Crippen LogP contribution is -2.58. The molecule has 0 saturated carbocycles. The molecule has 0 unspecified atom stereocenters. The minimum atomic E-state index is -1.38. The molecule has 16 heteroatoms. The van der Waals surface area contributed by atoms with Gasteiger partial charge in [0.15, 0.2) is 11.5 Å². The average molecular weight is 724 g/mol. The molecule has 0 radical (unpaired) electrons. The lowest BCUT2D eigenvalue weighted by molar-refractivity contribution is -0.135. The average Bonchev–Trinajstić information content (AvgIpc) is 3.55. The summed E-state index contributed by atoms with van der Waals surface area (Å²) < 4.78 is 27.8. The number of hydrogen-bond donors (Lipinski definition) is 5. The van der Waals surface area contributed by atoms with Crippen molar-refractivity contribution in [2.24, 2.45) is 13.0 Å². The minimum Gasteiger partial charge on any atom is -0.493 e. The van der Waals surface area contributed by atoms with Gasteiger partial charge in [0.2, 0.25) is 17.7 Å². The van der Waals surface area contributed by atoms with Crippen LogP contribution in [0.2, 0.25) is 0 Å². The van der Waals surface area contributed by atoms with Gasteiger partial charge in [0.05, 0.1) is 19.5 Å². The predicted molar refractivity (Wildman–Crippen MR) is 187 cm³/mol. The number of halogens is 1. The zero-order valence-corrected chi connectivity index (χ0v) is 29.9. The van der Waals surface area contributed by atoms with Crippen LogP contribution in [-0.2, 0) is 28.0 Å². The number of aryl methyl sites for hydroxylation is 1. The molecule has 1 aliphatic heterocycles. The number of nitrogens with zero attached hydrogens (tertiary/aromatic N) is 3. The van der Waals surface area contributed by atoms with E-state index in [1.54, 1.807) is 24.7 Å². The molecule has 15 nitrogen and oxygen atoms in total. The summed E-state index contributed by atoms with van der Waals surface area (Å²) in [6, 6.07) is 5.94. The lowest BCUT2D eigenvalue weighted by atomic mass is 9.97. The first-order valence-electron chi connectivity index (χ1n) is 17.1. The Morgan fingerprint density at radius 2 is 1.83 bits per heavy atom. The summed E-state index contributed by atoms with van der Waals surface area (Å²) in [5.74, 6) is -3.30. The molecule has 0 spiro atoms. The summed E-state index contributed by atoms with van der Waals surface area (Å²) in [5.41, 5.74) is 0.729. The van der Waals surface area contributed by atoms with Crippen molar-refractivity contribution in [2.75, 3.05) is 26.7 Å². The predicted octanol–water partition coefficient (Wildman–Crippen LogP) is 2.04. The third-order valence-corrected chi connectivity index (χ3v) is 8.64. The number of benzene rings is 2. The van der Waals surface area contributed by atoms with Gasteiger partial charge in [0.25, 0.3) is 11.8 Å². The first-order chi connectivity index (χ1) is 24.8. The Labute approximate surface area is 301 Å². The number of aliphatic hydroxyl groups excluding tert-OH is 1. The summed E-state index contributed by atoms with van der Waals surface area (Å²) in [6.07, 6.45) is 2.32. The third kappa shape index (κ3) is 10.5. The molecule has 0 aliphatic carbocycles. The number of ether oxygens (including phenoxy) is 2. The Kier molecular flexibility index (Phi) is 13.7. The standard InChI is InChI=1S/C36H46FN7O8/c1-6-21(2)31-34(48)39-18-23-14-25(37)17-26(15-23)52-29-16-24(9-10-28(29)51-5)33(47)38-11-13-44(36(50)27-19-43(4)20-40-27)12-7-8-30(46)41-32(22(3)45)35(49)42-31/h9-10,14-17,19-22,31-32,45H,6-8,11-13,18H2,1-5H3,(H,38,47)(H,39,48)(H,41,46)(H,42,49)/t21-,22+,31-,32-/m0/s1. The fourth-order valence-electron chi connectivity index (χ4n) is 5.54. The number of rotatable bonds is 5. The van der Waals surface area contributed by atoms with Gasteiger partial charge in [0, 0.05) is 57.5 Å². The SMILES string of the molecule is CC[C@H](C)[C@@H]1NC(=O)[C@H]([C@@H](C)O)NC(=O)CCCN(C(=O)c2cn(C)cn2)CCNC(=O)c2ccc(OC)c(c2)Oc2cc(F)cc(c2)CNC1=O. The van der Waals surface area contributed by atoms with Crippen molar-refractivity contribution < 1.29 is 42.9 Å². The van der Waals surface area contributed by atoms with Gasteiger partial charge in [-0.25, -0.2) is 9.37 Å². The topological polar surface area (TPSA) is 193 Å². The van der Waals surface area contributed by atoms with Crippen molar-refractivity contribution in [1.29, 1.82) is 0 Å². The van der Waals surface area contributed by atoms with Gasteiger partial charge >= 0.3 is 0 Å². The summed E-state index contributed by atoms with van der Waals surface area (Å²) in [7, 11) is 3.14. The molecule has 1 aliphatic rings. The number of imidazole rings is 1. The maximum Gasteiger partial charge on any atom is 0.274 e. The monoisotopic (exact) mass is 723 g/mol. The van der Waals surface area contributed by atoms with Crippen molar-refractivity contribution >= 4 is 29.5 Å². The highest BCUT2D eigenvalue weighted by atomic mass is 19.1. The quantitative estimate of drug-likeness (QED) is 0.262. The zero-order chi connectivity index (χ0) is 37.9. The Morgan fingerprint density at radius 3 is 2.50 bits per heavy atom. The van der Waals surface area contributed by atoms with Gasteiger partial charge in [-0.2, -0.15) is 0 Å². The first-order valence-corrected chi connectivity index (χ1v) is 17.1. The van der Waals surface area contributed by atoms with Crippen LogP contribution in [0.1, 0.15) is 66.4 Å².